The maximum absolute atomic E-state index is 12.6. The molecule has 0 aromatic carbocycles. The second-order valence-corrected chi connectivity index (χ2v) is 2.23. The molecule has 2 aliphatic rings. The molecule has 0 amide bonds. The summed E-state index contributed by atoms with van der Waals surface area (Å²) in [5.41, 5.74) is 0. The van der Waals surface area contributed by atoms with E-state index in [1.54, 1.807) is 0 Å². The van der Waals surface area contributed by atoms with Crippen molar-refractivity contribution in [3.05, 3.63) is 23.8 Å². The third-order valence-electron chi connectivity index (χ3n) is 1.51. The summed E-state index contributed by atoms with van der Waals surface area (Å²) in [4.78, 5) is 0. The summed E-state index contributed by atoms with van der Waals surface area (Å²) in [5, 5.41) is 0. The zero-order valence-corrected chi connectivity index (χ0v) is 4.77. The minimum absolute atomic E-state index is 0.490. The van der Waals surface area contributed by atoms with Crippen molar-refractivity contribution < 1.29 is 17.9 Å². The molecule has 1 heterocycles. The number of fused-ring (bicyclic) bond motifs is 1. The lowest BCUT2D eigenvalue weighted by Gasteiger charge is -2.00. The third-order valence-corrected chi connectivity index (χ3v) is 1.51. The first kappa shape index (κ1) is 5.97. The Morgan fingerprint density at radius 2 is 2.20 bits per heavy atom. The molecule has 1 aliphatic heterocycles. The molecule has 0 radical (unpaired) electrons. The van der Waals surface area contributed by atoms with Gasteiger partial charge in [-0.1, -0.05) is 0 Å². The molecule has 2 unspecified atom stereocenters. The molecule has 4 heteroatoms. The van der Waals surface area contributed by atoms with Gasteiger partial charge in [0, 0.05) is 6.08 Å². The average molecular weight is 148 g/mol. The van der Waals surface area contributed by atoms with Crippen molar-refractivity contribution >= 4 is 0 Å². The van der Waals surface area contributed by atoms with Crippen molar-refractivity contribution in [2.24, 2.45) is 0 Å². The van der Waals surface area contributed by atoms with Gasteiger partial charge in [-0.15, -0.1) is 0 Å². The molecule has 2 atom stereocenters. The Kier molecular flexibility index (Phi) is 0.866. The van der Waals surface area contributed by atoms with E-state index in [9.17, 15) is 13.2 Å². The molecular formula is C6H3F3O. The van der Waals surface area contributed by atoms with Crippen LogP contribution in [0.3, 0.4) is 0 Å². The van der Waals surface area contributed by atoms with Crippen LogP contribution in [0.25, 0.3) is 0 Å². The lowest BCUT2D eigenvalue weighted by molar-refractivity contribution is 0.151. The van der Waals surface area contributed by atoms with Crippen LogP contribution in [0.4, 0.5) is 13.2 Å². The monoisotopic (exact) mass is 148 g/mol. The Balaban J connectivity index is 2.38. The number of allylic oxidation sites excluding steroid dienone is 2. The normalized spacial score (nSPS) is 43.7. The van der Waals surface area contributed by atoms with E-state index in [1.165, 1.54) is 0 Å². The minimum atomic E-state index is -2.34. The number of hydrogen-bond acceptors (Lipinski definition) is 1. The third kappa shape index (κ3) is 0.568. The minimum Gasteiger partial charge on any atom is -0.324 e. The zero-order chi connectivity index (χ0) is 7.35. The smallest absolute Gasteiger partial charge is 0.292 e. The van der Waals surface area contributed by atoms with Crippen LogP contribution in [-0.4, -0.2) is 12.0 Å². The standard InChI is InChI=1S/C6H3F3O/c7-3-1-4(8)6(9)5(2-3)10-6/h1-2,5H. The predicted octanol–water partition coefficient (Wildman–Crippen LogP) is 1.77. The van der Waals surface area contributed by atoms with Gasteiger partial charge >= 0.3 is 0 Å². The highest BCUT2D eigenvalue weighted by atomic mass is 19.2. The molecule has 0 aromatic heterocycles. The molecule has 1 saturated heterocycles. The Morgan fingerprint density at radius 3 is 2.80 bits per heavy atom. The van der Waals surface area contributed by atoms with Crippen molar-refractivity contribution in [3.63, 3.8) is 0 Å². The summed E-state index contributed by atoms with van der Waals surface area (Å²) in [6.45, 7) is 0. The molecule has 0 saturated carbocycles. The van der Waals surface area contributed by atoms with E-state index in [0.29, 0.717) is 6.08 Å². The number of ether oxygens (including phenoxy) is 1. The van der Waals surface area contributed by atoms with Crippen LogP contribution in [0.1, 0.15) is 0 Å². The summed E-state index contributed by atoms with van der Waals surface area (Å²) >= 11 is 0. The molecule has 54 valence electrons. The fraction of sp³-hybridized carbons (Fsp3) is 0.333. The SMILES string of the molecule is FC1=CC2OC2(F)C(F)=C1. The highest BCUT2D eigenvalue weighted by Crippen LogP contribution is 2.49. The average Bonchev–Trinajstić information content (AvgIpc) is 2.42. The van der Waals surface area contributed by atoms with Crippen LogP contribution in [0.2, 0.25) is 0 Å². The van der Waals surface area contributed by atoms with Crippen molar-refractivity contribution in [3.8, 4) is 0 Å². The van der Waals surface area contributed by atoms with Gasteiger partial charge < -0.3 is 4.74 Å². The fourth-order valence-corrected chi connectivity index (χ4v) is 0.896. The van der Waals surface area contributed by atoms with Gasteiger partial charge in [0.15, 0.2) is 5.83 Å². The highest BCUT2D eigenvalue weighted by Gasteiger charge is 2.62. The maximum Gasteiger partial charge on any atom is 0.292 e. The molecule has 2 rings (SSSR count). The molecule has 10 heavy (non-hydrogen) atoms. The first-order valence-electron chi connectivity index (χ1n) is 2.74. The van der Waals surface area contributed by atoms with Gasteiger partial charge in [-0.05, 0) is 6.08 Å². The molecule has 0 spiro atoms. The van der Waals surface area contributed by atoms with Crippen LogP contribution in [0.15, 0.2) is 23.8 Å². The quantitative estimate of drug-likeness (QED) is 0.477. The number of epoxide rings is 1. The van der Waals surface area contributed by atoms with Crippen molar-refractivity contribution in [1.29, 1.82) is 0 Å². The second-order valence-electron chi connectivity index (χ2n) is 2.23. The van der Waals surface area contributed by atoms with Gasteiger partial charge in [-0.2, -0.15) is 0 Å². The number of halogens is 3. The summed E-state index contributed by atoms with van der Waals surface area (Å²) < 4.78 is 41.4. The molecule has 1 fully saturated rings. The van der Waals surface area contributed by atoms with Crippen molar-refractivity contribution in [2.75, 3.05) is 0 Å². The van der Waals surface area contributed by atoms with Gasteiger partial charge in [-0.25, -0.2) is 13.2 Å². The van der Waals surface area contributed by atoms with Gasteiger partial charge in [0.1, 0.15) is 11.9 Å². The topological polar surface area (TPSA) is 12.5 Å². The summed E-state index contributed by atoms with van der Waals surface area (Å²) in [5.74, 6) is -4.30. The van der Waals surface area contributed by atoms with E-state index in [4.69, 9.17) is 0 Å². The van der Waals surface area contributed by atoms with Crippen LogP contribution < -0.4 is 0 Å². The molecule has 1 aliphatic carbocycles. The molecule has 0 N–H and O–H groups in total. The fourth-order valence-electron chi connectivity index (χ4n) is 0.896. The van der Waals surface area contributed by atoms with Gasteiger partial charge in [0.05, 0.1) is 0 Å². The van der Waals surface area contributed by atoms with Crippen LogP contribution in [0, 0.1) is 0 Å². The van der Waals surface area contributed by atoms with Gasteiger partial charge in [0.25, 0.3) is 5.85 Å². The van der Waals surface area contributed by atoms with Gasteiger partial charge in [-0.3, -0.25) is 0 Å². The van der Waals surface area contributed by atoms with Crippen LogP contribution >= 0.6 is 0 Å². The first-order valence-corrected chi connectivity index (χ1v) is 2.74. The summed E-state index contributed by atoms with van der Waals surface area (Å²) in [7, 11) is 0. The zero-order valence-electron chi connectivity index (χ0n) is 4.77. The van der Waals surface area contributed by atoms with E-state index in [0.717, 1.165) is 6.08 Å². The van der Waals surface area contributed by atoms with E-state index in [2.05, 4.69) is 4.74 Å². The Bertz CT molecular complexity index is 245. The lowest BCUT2D eigenvalue weighted by atomic mass is 10.1. The summed E-state index contributed by atoms with van der Waals surface area (Å²) in [6, 6.07) is 0. The Morgan fingerprint density at radius 1 is 1.50 bits per heavy atom. The van der Waals surface area contributed by atoms with Crippen LogP contribution in [0.5, 0.6) is 0 Å². The van der Waals surface area contributed by atoms with E-state index in [-0.39, 0.29) is 0 Å². The Hall–Kier alpha value is -0.770. The lowest BCUT2D eigenvalue weighted by Crippen LogP contribution is -2.10. The molecule has 1 nitrogen and oxygen atoms in total. The van der Waals surface area contributed by atoms with Crippen molar-refractivity contribution in [2.45, 2.75) is 12.0 Å². The summed E-state index contributed by atoms with van der Waals surface area (Å²) in [6.07, 6.45) is 0.351. The first-order chi connectivity index (χ1) is 4.63. The predicted molar refractivity (Wildman–Crippen MR) is 27.1 cm³/mol. The maximum atomic E-state index is 12.6. The number of rotatable bonds is 0. The Labute approximate surface area is 54.8 Å². The highest BCUT2D eigenvalue weighted by molar-refractivity contribution is 5.34. The van der Waals surface area contributed by atoms with E-state index >= 15 is 0 Å². The van der Waals surface area contributed by atoms with Crippen molar-refractivity contribution in [1.82, 2.24) is 0 Å². The number of alkyl halides is 1. The van der Waals surface area contributed by atoms with Crippen LogP contribution in [-0.2, 0) is 4.74 Å². The van der Waals surface area contributed by atoms with E-state index in [1.807, 2.05) is 0 Å². The largest absolute Gasteiger partial charge is 0.324 e. The second kappa shape index (κ2) is 1.45. The molecule has 0 aromatic rings. The number of hydrogen-bond donors (Lipinski definition) is 0. The molecular weight excluding hydrogens is 145 g/mol. The van der Waals surface area contributed by atoms with E-state index < -0.39 is 23.6 Å². The van der Waals surface area contributed by atoms with Gasteiger partial charge in [0.2, 0.25) is 0 Å². The molecule has 0 bridgehead atoms.